The highest BCUT2D eigenvalue weighted by Crippen LogP contribution is 2.53. The average molecular weight is 560 g/mol. The van der Waals surface area contributed by atoms with Gasteiger partial charge in [-0.15, -0.1) is 11.8 Å². The first-order chi connectivity index (χ1) is 18.6. The molecule has 1 aromatic carbocycles. The molecule has 0 spiro atoms. The van der Waals surface area contributed by atoms with Gasteiger partial charge in [0.25, 0.3) is 5.69 Å². The molecule has 2 aromatic rings. The summed E-state index contributed by atoms with van der Waals surface area (Å²) in [4.78, 5) is 55.5. The number of likely N-dealkylation sites (tertiary alicyclic amines) is 1. The Labute approximate surface area is 225 Å². The van der Waals surface area contributed by atoms with Crippen molar-refractivity contribution < 1.29 is 38.8 Å². The second-order valence-electron chi connectivity index (χ2n) is 9.67. The number of nitro groups is 1. The van der Waals surface area contributed by atoms with Crippen LogP contribution in [0.2, 0.25) is 0 Å². The van der Waals surface area contributed by atoms with Crippen LogP contribution in [0.5, 0.6) is 0 Å². The van der Waals surface area contributed by atoms with Gasteiger partial charge in [-0.1, -0.05) is 12.1 Å². The van der Waals surface area contributed by atoms with Crippen molar-refractivity contribution in [2.24, 2.45) is 11.8 Å². The molecule has 2 amide bonds. The lowest BCUT2D eigenvalue weighted by Crippen LogP contribution is -2.63. The molecule has 4 heterocycles. The number of hydrogen-bond acceptors (Lipinski definition) is 11. The number of rotatable bonds is 8. The van der Waals surface area contributed by atoms with E-state index in [1.54, 1.807) is 0 Å². The minimum atomic E-state index is -1.23. The number of aliphatic carboxylic acids is 1. The molecule has 3 aliphatic heterocycles. The summed E-state index contributed by atoms with van der Waals surface area (Å²) < 4.78 is 10.7. The molecule has 1 aromatic heterocycles. The molecular weight excluding hydrogens is 534 g/mol. The second kappa shape index (κ2) is 10.3. The number of β-lactam (4-membered cyclic amide) rings is 1. The van der Waals surface area contributed by atoms with Gasteiger partial charge in [0, 0.05) is 34.8 Å². The highest BCUT2D eigenvalue weighted by atomic mass is 32.2. The van der Waals surface area contributed by atoms with E-state index in [0.29, 0.717) is 16.9 Å². The fourth-order valence-corrected chi connectivity index (χ4v) is 6.97. The summed E-state index contributed by atoms with van der Waals surface area (Å²) in [5, 5.41) is 34.2. The van der Waals surface area contributed by atoms with E-state index in [1.807, 2.05) is 6.92 Å². The number of aliphatic hydroxyl groups is 1. The molecule has 0 radical (unpaired) electrons. The SMILES string of the molecule is C[C@@H](O)[C@H]1C(=O)N2C(C(=O)O)=C(S[C@H]3C[C@@H](c4ncno4)N(C(=O)OCc4ccc([N+](=O)[O-])cc4)C3)[C@H](C)[C@H]12. The van der Waals surface area contributed by atoms with Crippen LogP contribution in [-0.4, -0.2) is 77.0 Å². The van der Waals surface area contributed by atoms with Crippen LogP contribution < -0.4 is 0 Å². The van der Waals surface area contributed by atoms with Crippen LogP contribution in [0.1, 0.15) is 37.8 Å². The van der Waals surface area contributed by atoms with Gasteiger partial charge < -0.3 is 24.4 Å². The molecule has 15 heteroatoms. The summed E-state index contributed by atoms with van der Waals surface area (Å²) in [7, 11) is 0. The van der Waals surface area contributed by atoms with Gasteiger partial charge in [-0.25, -0.2) is 9.59 Å². The zero-order valence-electron chi connectivity index (χ0n) is 20.9. The maximum atomic E-state index is 13.1. The molecule has 5 rings (SSSR count). The van der Waals surface area contributed by atoms with Crippen molar-refractivity contribution >= 4 is 35.4 Å². The summed E-state index contributed by atoms with van der Waals surface area (Å²) >= 11 is 1.28. The molecule has 0 saturated carbocycles. The number of aromatic nitrogens is 2. The molecule has 2 N–H and O–H groups in total. The topological polar surface area (TPSA) is 189 Å². The molecule has 0 unspecified atom stereocenters. The first-order valence-electron chi connectivity index (χ1n) is 12.2. The zero-order valence-corrected chi connectivity index (χ0v) is 21.7. The fraction of sp³-hybridized carbons (Fsp3) is 0.458. The van der Waals surface area contributed by atoms with Crippen molar-refractivity contribution in [1.82, 2.24) is 19.9 Å². The van der Waals surface area contributed by atoms with Gasteiger partial charge in [-0.2, -0.15) is 4.98 Å². The Morgan fingerprint density at radius 3 is 2.64 bits per heavy atom. The third kappa shape index (κ3) is 4.71. The van der Waals surface area contributed by atoms with Crippen LogP contribution in [0.4, 0.5) is 10.5 Å². The maximum absolute atomic E-state index is 13.1. The Hall–Kier alpha value is -3.98. The highest BCUT2D eigenvalue weighted by molar-refractivity contribution is 8.03. The summed E-state index contributed by atoms with van der Waals surface area (Å²) in [6.45, 7) is 3.41. The van der Waals surface area contributed by atoms with Crippen LogP contribution in [0, 0.1) is 22.0 Å². The van der Waals surface area contributed by atoms with Gasteiger partial charge >= 0.3 is 12.1 Å². The third-order valence-electron chi connectivity index (χ3n) is 7.27. The Bertz CT molecular complexity index is 1330. The van der Waals surface area contributed by atoms with Crippen LogP contribution in [0.15, 0.2) is 45.7 Å². The normalized spacial score (nSPS) is 26.8. The van der Waals surface area contributed by atoms with Crippen molar-refractivity contribution in [1.29, 1.82) is 0 Å². The number of hydrogen-bond donors (Lipinski definition) is 2. The van der Waals surface area contributed by atoms with Crippen molar-refractivity contribution in [2.45, 2.75) is 50.3 Å². The molecule has 6 atom stereocenters. The fourth-order valence-electron chi connectivity index (χ4n) is 5.45. The third-order valence-corrected chi connectivity index (χ3v) is 8.77. The number of non-ortho nitro benzene ring substituents is 1. The van der Waals surface area contributed by atoms with Gasteiger partial charge in [-0.05, 0) is 31.0 Å². The van der Waals surface area contributed by atoms with Crippen molar-refractivity contribution in [2.75, 3.05) is 6.54 Å². The Morgan fingerprint density at radius 1 is 1.33 bits per heavy atom. The average Bonchev–Trinajstić information content (AvgIpc) is 3.61. The van der Waals surface area contributed by atoms with E-state index in [-0.39, 0.29) is 41.6 Å². The van der Waals surface area contributed by atoms with Crippen molar-refractivity contribution in [3.05, 3.63) is 62.8 Å². The molecule has 206 valence electrons. The van der Waals surface area contributed by atoms with E-state index in [2.05, 4.69) is 10.1 Å². The Kier molecular flexibility index (Phi) is 7.03. The Balaban J connectivity index is 1.32. The van der Waals surface area contributed by atoms with E-state index in [9.17, 15) is 34.7 Å². The van der Waals surface area contributed by atoms with Crippen LogP contribution in [-0.2, 0) is 20.9 Å². The largest absolute Gasteiger partial charge is 0.477 e. The van der Waals surface area contributed by atoms with Gasteiger partial charge in [0.05, 0.1) is 23.0 Å². The van der Waals surface area contributed by atoms with Gasteiger partial charge in [0.2, 0.25) is 11.8 Å². The molecule has 2 fully saturated rings. The molecule has 3 aliphatic rings. The number of carboxylic acids is 1. The van der Waals surface area contributed by atoms with E-state index >= 15 is 0 Å². The lowest BCUT2D eigenvalue weighted by Gasteiger charge is -2.46. The first-order valence-corrected chi connectivity index (χ1v) is 13.0. The quantitative estimate of drug-likeness (QED) is 0.273. The molecule has 39 heavy (non-hydrogen) atoms. The van der Waals surface area contributed by atoms with Crippen molar-refractivity contribution in [3.8, 4) is 0 Å². The number of thioether (sulfide) groups is 1. The maximum Gasteiger partial charge on any atom is 0.410 e. The number of nitro benzene ring substituents is 1. The number of ether oxygens (including phenoxy) is 1. The monoisotopic (exact) mass is 559 g/mol. The van der Waals surface area contributed by atoms with Crippen molar-refractivity contribution in [3.63, 3.8) is 0 Å². The number of carbonyl (C=O) groups excluding carboxylic acids is 2. The number of carbonyl (C=O) groups is 3. The molecule has 14 nitrogen and oxygen atoms in total. The summed E-state index contributed by atoms with van der Waals surface area (Å²) in [5.74, 6) is -2.43. The molecular formula is C24H25N5O9S. The van der Waals surface area contributed by atoms with E-state index in [4.69, 9.17) is 9.26 Å². The van der Waals surface area contributed by atoms with Gasteiger partial charge in [-0.3, -0.25) is 19.8 Å². The summed E-state index contributed by atoms with van der Waals surface area (Å²) in [6.07, 6.45) is 0.00318. The predicted octanol–water partition coefficient (Wildman–Crippen LogP) is 2.32. The van der Waals surface area contributed by atoms with Gasteiger partial charge in [0.1, 0.15) is 18.3 Å². The minimum absolute atomic E-state index is 0.0802. The van der Waals surface area contributed by atoms with E-state index < -0.39 is 47.0 Å². The van der Waals surface area contributed by atoms with E-state index in [1.165, 1.54) is 59.1 Å². The number of aliphatic hydroxyl groups excluding tert-OH is 1. The van der Waals surface area contributed by atoms with Crippen LogP contribution in [0.3, 0.4) is 0 Å². The van der Waals surface area contributed by atoms with Crippen LogP contribution in [0.25, 0.3) is 0 Å². The second-order valence-corrected chi connectivity index (χ2v) is 11.0. The number of benzene rings is 1. The number of fused-ring (bicyclic) bond motifs is 1. The molecule has 0 bridgehead atoms. The molecule has 0 aliphatic carbocycles. The van der Waals surface area contributed by atoms with Gasteiger partial charge in [0.15, 0.2) is 6.33 Å². The lowest BCUT2D eigenvalue weighted by molar-refractivity contribution is -0.384. The summed E-state index contributed by atoms with van der Waals surface area (Å²) in [5.41, 5.74) is 0.391. The minimum Gasteiger partial charge on any atom is -0.477 e. The summed E-state index contributed by atoms with van der Waals surface area (Å²) in [6, 6.07) is 4.57. The van der Waals surface area contributed by atoms with Crippen LogP contribution >= 0.6 is 11.8 Å². The lowest BCUT2D eigenvalue weighted by atomic mass is 9.79. The van der Waals surface area contributed by atoms with E-state index in [0.717, 1.165) is 0 Å². The number of amides is 2. The predicted molar refractivity (Wildman–Crippen MR) is 133 cm³/mol. The Morgan fingerprint density at radius 2 is 2.05 bits per heavy atom. The number of nitrogens with zero attached hydrogens (tertiary/aromatic N) is 5. The standard InChI is InChI=1S/C24H25N5O9S/c1-11-18-17(12(2)30)22(31)28(18)19(23(32)33)20(11)39-15-7-16(21-25-10-26-38-21)27(8-15)24(34)37-9-13-3-5-14(6-4-13)29(35)36/h3-6,10-12,15-18,30H,7-9H2,1-2H3,(H,32,33)/t11-,12-,15+,16+,17-,18-/m1/s1. The zero-order chi connectivity index (χ0) is 28.0. The highest BCUT2D eigenvalue weighted by Gasteiger charge is 2.60. The number of carboxylic acid groups (broad SMARTS) is 1. The molecule has 2 saturated heterocycles. The first kappa shape index (κ1) is 26.6. The smallest absolute Gasteiger partial charge is 0.410 e.